The van der Waals surface area contributed by atoms with Crippen LogP contribution in [0.1, 0.15) is 32.3 Å². The molecule has 1 aromatic carbocycles. The first-order valence-electron chi connectivity index (χ1n) is 10.6. The first kappa shape index (κ1) is 22.8. The molecule has 1 aliphatic rings. The molecule has 0 radical (unpaired) electrons. The third kappa shape index (κ3) is 5.62. The Balaban J connectivity index is 1.96. The molecule has 9 nitrogen and oxygen atoms in total. The number of piperidine rings is 1. The number of H-pyrrole nitrogens is 1. The topological polar surface area (TPSA) is 125 Å². The van der Waals surface area contributed by atoms with E-state index in [1.165, 1.54) is 9.47 Å². The lowest BCUT2D eigenvalue weighted by atomic mass is 10.1. The van der Waals surface area contributed by atoms with Gasteiger partial charge in [-0.15, -0.1) is 0 Å². The quantitative estimate of drug-likeness (QED) is 0.592. The van der Waals surface area contributed by atoms with E-state index in [4.69, 9.17) is 5.73 Å². The maximum Gasteiger partial charge on any atom is 0.330 e. The number of likely N-dealkylation sites (tertiary alicyclic amines) is 1. The average Bonchev–Trinajstić information content (AvgIpc) is 2.70. The second-order valence-corrected chi connectivity index (χ2v) is 8.49. The van der Waals surface area contributed by atoms with Crippen molar-refractivity contribution in [2.75, 3.05) is 36.8 Å². The van der Waals surface area contributed by atoms with Gasteiger partial charge in [-0.1, -0.05) is 44.2 Å². The van der Waals surface area contributed by atoms with Crippen LogP contribution in [0, 0.1) is 5.92 Å². The Bertz CT molecular complexity index is 1010. The van der Waals surface area contributed by atoms with E-state index >= 15 is 0 Å². The number of amides is 1. The molecule has 1 amide bonds. The van der Waals surface area contributed by atoms with E-state index in [-0.39, 0.29) is 43.0 Å². The molecular formula is C22H31N5O4. The number of aromatic nitrogens is 2. The molecule has 0 spiro atoms. The predicted octanol–water partition coefficient (Wildman–Crippen LogP) is 0.613. The van der Waals surface area contributed by atoms with Gasteiger partial charge < -0.3 is 15.7 Å². The minimum atomic E-state index is -0.681. The highest BCUT2D eigenvalue weighted by molar-refractivity contribution is 5.96. The monoisotopic (exact) mass is 429 g/mol. The van der Waals surface area contributed by atoms with Crippen molar-refractivity contribution in [3.63, 3.8) is 0 Å². The molecule has 0 saturated carbocycles. The summed E-state index contributed by atoms with van der Waals surface area (Å²) in [5.41, 5.74) is 5.84. The van der Waals surface area contributed by atoms with E-state index in [9.17, 15) is 19.5 Å². The van der Waals surface area contributed by atoms with Gasteiger partial charge in [-0.3, -0.25) is 24.0 Å². The second kappa shape index (κ2) is 9.93. The van der Waals surface area contributed by atoms with Crippen molar-refractivity contribution in [3.8, 4) is 0 Å². The molecule has 2 aromatic rings. The smallest absolute Gasteiger partial charge is 0.330 e. The average molecular weight is 430 g/mol. The molecule has 31 heavy (non-hydrogen) atoms. The Hall–Kier alpha value is -2.91. The molecule has 168 valence electrons. The van der Waals surface area contributed by atoms with E-state index < -0.39 is 17.4 Å². The number of carbonyl (C=O) groups excluding carboxylic acids is 1. The van der Waals surface area contributed by atoms with E-state index in [1.807, 2.05) is 49.1 Å². The van der Waals surface area contributed by atoms with Crippen LogP contribution in [-0.2, 0) is 11.3 Å². The van der Waals surface area contributed by atoms with Crippen LogP contribution >= 0.6 is 0 Å². The van der Waals surface area contributed by atoms with Crippen molar-refractivity contribution >= 4 is 17.4 Å². The number of hydrogen-bond donors (Lipinski definition) is 3. The van der Waals surface area contributed by atoms with Gasteiger partial charge in [0.1, 0.15) is 5.82 Å². The summed E-state index contributed by atoms with van der Waals surface area (Å²) in [6, 6.07) is 9.29. The van der Waals surface area contributed by atoms with Crippen LogP contribution in [0.5, 0.6) is 0 Å². The maximum atomic E-state index is 13.2. The lowest BCUT2D eigenvalue weighted by Crippen LogP contribution is -2.49. The number of carbonyl (C=O) groups is 1. The van der Waals surface area contributed by atoms with Gasteiger partial charge in [-0.2, -0.15) is 0 Å². The number of aliphatic hydroxyl groups is 1. The number of β-amino-alcohol motifs (C(OH)–C–C–N with tert-alkyl or cyclic N) is 1. The van der Waals surface area contributed by atoms with E-state index in [0.29, 0.717) is 13.1 Å². The molecule has 1 unspecified atom stereocenters. The molecule has 3 rings (SSSR count). The van der Waals surface area contributed by atoms with Gasteiger partial charge in [-0.25, -0.2) is 4.79 Å². The van der Waals surface area contributed by atoms with Gasteiger partial charge in [0.25, 0.3) is 5.56 Å². The maximum absolute atomic E-state index is 13.2. The number of aromatic amines is 1. The standard InChI is InChI=1S/C22H31N5O4/c1-15(2)11-26(18(29)14-25-10-6-9-17(28)13-25)19-20(23)27(22(31)24-21(19)30)12-16-7-4-3-5-8-16/h3-5,7-8,15,17,28H,6,9-14,23H2,1-2H3,(H,24,30,31). The van der Waals surface area contributed by atoms with Gasteiger partial charge in [-0.05, 0) is 30.9 Å². The van der Waals surface area contributed by atoms with Crippen molar-refractivity contribution in [1.82, 2.24) is 14.5 Å². The molecule has 1 aliphatic heterocycles. The summed E-state index contributed by atoms with van der Waals surface area (Å²) in [6.45, 7) is 5.53. The van der Waals surface area contributed by atoms with Crippen molar-refractivity contribution in [2.24, 2.45) is 5.92 Å². The fraction of sp³-hybridized carbons (Fsp3) is 0.500. The number of benzene rings is 1. The normalized spacial score (nSPS) is 17.1. The van der Waals surface area contributed by atoms with Crippen LogP contribution in [0.3, 0.4) is 0 Å². The van der Waals surface area contributed by atoms with E-state index in [2.05, 4.69) is 4.98 Å². The van der Waals surface area contributed by atoms with Gasteiger partial charge in [0.2, 0.25) is 5.91 Å². The number of nitrogens with one attached hydrogen (secondary N) is 1. The molecule has 2 heterocycles. The lowest BCUT2D eigenvalue weighted by molar-refractivity contribution is -0.120. The number of nitrogens with two attached hydrogens (primary N) is 1. The van der Waals surface area contributed by atoms with Gasteiger partial charge >= 0.3 is 5.69 Å². The molecule has 0 bridgehead atoms. The molecular weight excluding hydrogens is 398 g/mol. The van der Waals surface area contributed by atoms with Gasteiger partial charge in [0.15, 0.2) is 5.69 Å². The third-order valence-corrected chi connectivity index (χ3v) is 5.36. The summed E-state index contributed by atoms with van der Waals surface area (Å²) in [6.07, 6.45) is 1.07. The first-order valence-corrected chi connectivity index (χ1v) is 10.6. The minimum absolute atomic E-state index is 0.00760. The van der Waals surface area contributed by atoms with E-state index in [1.54, 1.807) is 0 Å². The largest absolute Gasteiger partial charge is 0.392 e. The summed E-state index contributed by atoms with van der Waals surface area (Å²) in [5, 5.41) is 9.91. The highest BCUT2D eigenvalue weighted by Gasteiger charge is 2.28. The Morgan fingerprint density at radius 1 is 1.29 bits per heavy atom. The highest BCUT2D eigenvalue weighted by atomic mass is 16.3. The number of anilines is 2. The van der Waals surface area contributed by atoms with Crippen molar-refractivity contribution in [2.45, 2.75) is 39.3 Å². The fourth-order valence-electron chi connectivity index (χ4n) is 3.90. The predicted molar refractivity (Wildman–Crippen MR) is 120 cm³/mol. The van der Waals surface area contributed by atoms with Gasteiger partial charge in [0.05, 0.1) is 19.2 Å². The van der Waals surface area contributed by atoms with Crippen LogP contribution in [0.15, 0.2) is 39.9 Å². The first-order chi connectivity index (χ1) is 14.8. The van der Waals surface area contributed by atoms with Crippen molar-refractivity contribution in [3.05, 3.63) is 56.7 Å². The summed E-state index contributed by atoms with van der Waals surface area (Å²) < 4.78 is 1.28. The minimum Gasteiger partial charge on any atom is -0.392 e. The van der Waals surface area contributed by atoms with Crippen molar-refractivity contribution < 1.29 is 9.90 Å². The SMILES string of the molecule is CC(C)CN(C(=O)CN1CCCC(O)C1)c1c(N)n(Cc2ccccc2)c(=O)[nH]c1=O. The number of aliphatic hydroxyl groups excluding tert-OH is 1. The third-order valence-electron chi connectivity index (χ3n) is 5.36. The molecule has 4 N–H and O–H groups in total. The second-order valence-electron chi connectivity index (χ2n) is 8.49. The fourth-order valence-corrected chi connectivity index (χ4v) is 3.90. The Morgan fingerprint density at radius 2 is 2.00 bits per heavy atom. The Kier molecular flexibility index (Phi) is 7.29. The molecule has 0 aliphatic carbocycles. The molecule has 1 atom stereocenters. The zero-order valence-corrected chi connectivity index (χ0v) is 18.1. The molecule has 1 fully saturated rings. The summed E-state index contributed by atoms with van der Waals surface area (Å²) in [5.74, 6) is -0.251. The zero-order chi connectivity index (χ0) is 22.5. The van der Waals surface area contributed by atoms with Crippen LogP contribution in [0.4, 0.5) is 11.5 Å². The summed E-state index contributed by atoms with van der Waals surface area (Å²) >= 11 is 0. The van der Waals surface area contributed by atoms with Crippen LogP contribution in [0.2, 0.25) is 0 Å². The zero-order valence-electron chi connectivity index (χ0n) is 18.1. The van der Waals surface area contributed by atoms with Crippen LogP contribution < -0.4 is 21.9 Å². The number of nitrogen functional groups attached to an aromatic ring is 1. The van der Waals surface area contributed by atoms with Crippen molar-refractivity contribution in [1.29, 1.82) is 0 Å². The highest BCUT2D eigenvalue weighted by Crippen LogP contribution is 2.20. The Morgan fingerprint density at radius 3 is 2.65 bits per heavy atom. The molecule has 1 saturated heterocycles. The van der Waals surface area contributed by atoms with Crippen LogP contribution in [-0.4, -0.2) is 57.7 Å². The van der Waals surface area contributed by atoms with E-state index in [0.717, 1.165) is 18.4 Å². The number of rotatable bonds is 7. The Labute approximate surface area is 181 Å². The van der Waals surface area contributed by atoms with Crippen LogP contribution in [0.25, 0.3) is 0 Å². The molecule has 9 heteroatoms. The number of hydrogen-bond acceptors (Lipinski definition) is 6. The molecule has 1 aromatic heterocycles. The lowest BCUT2D eigenvalue weighted by Gasteiger charge is -2.32. The summed E-state index contributed by atoms with van der Waals surface area (Å²) in [7, 11) is 0. The van der Waals surface area contributed by atoms with Gasteiger partial charge in [0, 0.05) is 13.1 Å². The summed E-state index contributed by atoms with van der Waals surface area (Å²) in [4.78, 5) is 44.0. The number of nitrogens with zero attached hydrogens (tertiary/aromatic N) is 3.